The summed E-state index contributed by atoms with van der Waals surface area (Å²) in [6, 6.07) is 4.55. The van der Waals surface area contributed by atoms with Gasteiger partial charge in [0.1, 0.15) is 6.61 Å². The van der Waals surface area contributed by atoms with Crippen LogP contribution in [0.3, 0.4) is 0 Å². The lowest BCUT2D eigenvalue weighted by Crippen LogP contribution is -2.35. The van der Waals surface area contributed by atoms with Crippen molar-refractivity contribution >= 4 is 38.4 Å². The molecule has 168 valence electrons. The Morgan fingerprint density at radius 2 is 1.94 bits per heavy atom. The van der Waals surface area contributed by atoms with Gasteiger partial charge in [0.2, 0.25) is 15.9 Å². The quantitative estimate of drug-likeness (QED) is 0.582. The van der Waals surface area contributed by atoms with Crippen molar-refractivity contribution in [3.8, 4) is 0 Å². The topological polar surface area (TPSA) is 96.9 Å². The molecular formula is C21H27N3O5S2. The van der Waals surface area contributed by atoms with Crippen molar-refractivity contribution in [3.05, 3.63) is 40.4 Å². The maximum atomic E-state index is 12.9. The number of ether oxygens (including phenoxy) is 1. The molecule has 3 rings (SSSR count). The van der Waals surface area contributed by atoms with Crippen LogP contribution in [0.2, 0.25) is 0 Å². The molecule has 1 fully saturated rings. The number of hydrogen-bond donors (Lipinski definition) is 0. The predicted molar refractivity (Wildman–Crippen MR) is 119 cm³/mol. The summed E-state index contributed by atoms with van der Waals surface area (Å²) in [5.74, 6) is -0.718. The average molecular weight is 466 g/mol. The predicted octanol–water partition coefficient (Wildman–Crippen LogP) is 3.36. The molecule has 1 aromatic heterocycles. The summed E-state index contributed by atoms with van der Waals surface area (Å²) in [6.07, 6.45) is 2.71. The Morgan fingerprint density at radius 1 is 1.23 bits per heavy atom. The van der Waals surface area contributed by atoms with E-state index in [1.165, 1.54) is 39.6 Å². The minimum Gasteiger partial charge on any atom is -0.456 e. The molecule has 1 amide bonds. The molecule has 31 heavy (non-hydrogen) atoms. The van der Waals surface area contributed by atoms with Gasteiger partial charge in [-0.05, 0) is 44.4 Å². The zero-order valence-electron chi connectivity index (χ0n) is 18.0. The van der Waals surface area contributed by atoms with Gasteiger partial charge in [-0.15, -0.1) is 11.3 Å². The minimum atomic E-state index is -3.64. The number of aromatic nitrogens is 1. The number of aryl methyl sites for hydroxylation is 1. The first-order valence-electron chi connectivity index (χ1n) is 10.2. The first kappa shape index (κ1) is 23.4. The van der Waals surface area contributed by atoms with Crippen molar-refractivity contribution in [3.63, 3.8) is 0 Å². The summed E-state index contributed by atoms with van der Waals surface area (Å²) in [6.45, 7) is 6.50. The van der Waals surface area contributed by atoms with E-state index in [-0.39, 0.29) is 23.0 Å². The first-order valence-corrected chi connectivity index (χ1v) is 12.6. The van der Waals surface area contributed by atoms with Crippen LogP contribution in [0.4, 0.5) is 5.13 Å². The molecule has 0 N–H and O–H groups in total. The van der Waals surface area contributed by atoms with Gasteiger partial charge in [-0.3, -0.25) is 9.69 Å². The number of hydrogen-bond acceptors (Lipinski definition) is 7. The number of thiazole rings is 1. The van der Waals surface area contributed by atoms with E-state index in [4.69, 9.17) is 4.74 Å². The van der Waals surface area contributed by atoms with Crippen molar-refractivity contribution in [2.24, 2.45) is 0 Å². The van der Waals surface area contributed by atoms with Crippen LogP contribution in [-0.2, 0) is 26.2 Å². The zero-order chi connectivity index (χ0) is 22.6. The lowest BCUT2D eigenvalue weighted by atomic mass is 10.1. The highest BCUT2D eigenvalue weighted by Gasteiger charge is 2.27. The number of nitrogens with zero attached hydrogens (tertiary/aromatic N) is 3. The summed E-state index contributed by atoms with van der Waals surface area (Å²) in [7, 11) is -3.64. The molecule has 1 saturated heterocycles. The average Bonchev–Trinajstić information content (AvgIpc) is 3.21. The van der Waals surface area contributed by atoms with Crippen molar-refractivity contribution in [1.29, 1.82) is 0 Å². The maximum absolute atomic E-state index is 12.9. The highest BCUT2D eigenvalue weighted by Crippen LogP contribution is 2.24. The van der Waals surface area contributed by atoms with Crippen molar-refractivity contribution in [1.82, 2.24) is 9.29 Å². The summed E-state index contributed by atoms with van der Waals surface area (Å²) >= 11 is 1.30. The van der Waals surface area contributed by atoms with E-state index in [0.717, 1.165) is 19.3 Å². The number of benzene rings is 1. The lowest BCUT2D eigenvalue weighted by Gasteiger charge is -2.26. The molecule has 1 aliphatic rings. The summed E-state index contributed by atoms with van der Waals surface area (Å²) in [4.78, 5) is 30.3. The van der Waals surface area contributed by atoms with Gasteiger partial charge in [-0.1, -0.05) is 12.5 Å². The number of rotatable bonds is 7. The minimum absolute atomic E-state index is 0.0622. The van der Waals surface area contributed by atoms with Crippen LogP contribution in [0.1, 0.15) is 54.7 Å². The number of amides is 1. The van der Waals surface area contributed by atoms with E-state index in [1.807, 2.05) is 6.92 Å². The highest BCUT2D eigenvalue weighted by atomic mass is 32.2. The molecule has 0 bridgehead atoms. The molecule has 1 aliphatic heterocycles. The Kier molecular flexibility index (Phi) is 7.45. The van der Waals surface area contributed by atoms with Crippen LogP contribution in [0.25, 0.3) is 0 Å². The molecule has 10 heteroatoms. The third-order valence-electron chi connectivity index (χ3n) is 5.20. The molecule has 0 spiro atoms. The van der Waals surface area contributed by atoms with Crippen LogP contribution < -0.4 is 4.90 Å². The van der Waals surface area contributed by atoms with E-state index < -0.39 is 16.0 Å². The van der Waals surface area contributed by atoms with Gasteiger partial charge < -0.3 is 4.74 Å². The highest BCUT2D eigenvalue weighted by molar-refractivity contribution is 7.89. The Morgan fingerprint density at radius 3 is 2.58 bits per heavy atom. The molecule has 0 aliphatic carbocycles. The van der Waals surface area contributed by atoms with Crippen LogP contribution >= 0.6 is 11.3 Å². The molecular weight excluding hydrogens is 438 g/mol. The van der Waals surface area contributed by atoms with E-state index >= 15 is 0 Å². The maximum Gasteiger partial charge on any atom is 0.338 e. The number of carbonyl (C=O) groups excluding carboxylic acids is 2. The third kappa shape index (κ3) is 5.31. The number of esters is 1. The van der Waals surface area contributed by atoms with Gasteiger partial charge in [0.25, 0.3) is 0 Å². The van der Waals surface area contributed by atoms with Crippen molar-refractivity contribution in [2.45, 2.75) is 51.5 Å². The molecule has 2 aromatic rings. The van der Waals surface area contributed by atoms with Crippen LogP contribution in [0.5, 0.6) is 0 Å². The largest absolute Gasteiger partial charge is 0.456 e. The fraction of sp³-hybridized carbons (Fsp3) is 0.476. The molecule has 0 radical (unpaired) electrons. The van der Waals surface area contributed by atoms with Gasteiger partial charge in [0.05, 0.1) is 16.2 Å². The standard InChI is InChI=1S/C21H27N3O5S2/c1-4-24(16(3)25)21-22-17(14-30-21)13-29-20(26)19-12-18(9-8-15(19)2)31(27,28)23-10-6-5-7-11-23/h8-9,12,14H,4-7,10-11,13H2,1-3H3. The second-order valence-corrected chi connectivity index (χ2v) is 10.2. The summed E-state index contributed by atoms with van der Waals surface area (Å²) < 4.78 is 32.7. The smallest absolute Gasteiger partial charge is 0.338 e. The van der Waals surface area contributed by atoms with Crippen LogP contribution in [0, 0.1) is 6.92 Å². The normalized spacial score (nSPS) is 14.9. The molecule has 8 nitrogen and oxygen atoms in total. The van der Waals surface area contributed by atoms with E-state index in [0.29, 0.717) is 36.0 Å². The molecule has 2 heterocycles. The van der Waals surface area contributed by atoms with Crippen LogP contribution in [0.15, 0.2) is 28.5 Å². The second kappa shape index (κ2) is 9.88. The van der Waals surface area contributed by atoms with E-state index in [1.54, 1.807) is 18.4 Å². The Labute approximate surface area is 186 Å². The number of sulfonamides is 1. The molecule has 0 saturated carbocycles. The first-order chi connectivity index (χ1) is 14.7. The number of anilines is 1. The SMILES string of the molecule is CCN(C(C)=O)c1nc(COC(=O)c2cc(S(=O)(=O)N3CCCCC3)ccc2C)cs1. The molecule has 0 unspecified atom stereocenters. The Bertz CT molecular complexity index is 1060. The summed E-state index contributed by atoms with van der Waals surface area (Å²) in [5.41, 5.74) is 1.38. The van der Waals surface area contributed by atoms with Gasteiger partial charge in [-0.2, -0.15) is 4.31 Å². The van der Waals surface area contributed by atoms with Crippen LogP contribution in [-0.4, -0.2) is 49.2 Å². The van der Waals surface area contributed by atoms with Crippen molar-refractivity contribution in [2.75, 3.05) is 24.5 Å². The second-order valence-electron chi connectivity index (χ2n) is 7.40. The lowest BCUT2D eigenvalue weighted by molar-refractivity contribution is -0.116. The van der Waals surface area contributed by atoms with Gasteiger partial charge >= 0.3 is 5.97 Å². The van der Waals surface area contributed by atoms with Crippen molar-refractivity contribution < 1.29 is 22.7 Å². The molecule has 0 atom stereocenters. The van der Waals surface area contributed by atoms with Gasteiger partial charge in [0.15, 0.2) is 5.13 Å². The van der Waals surface area contributed by atoms with Gasteiger partial charge in [-0.25, -0.2) is 18.2 Å². The Hall–Kier alpha value is -2.30. The fourth-order valence-electron chi connectivity index (χ4n) is 3.43. The number of carbonyl (C=O) groups is 2. The molecule has 1 aromatic carbocycles. The van der Waals surface area contributed by atoms with E-state index in [2.05, 4.69) is 4.98 Å². The van der Waals surface area contributed by atoms with Gasteiger partial charge in [0, 0.05) is 31.9 Å². The fourth-order valence-corrected chi connectivity index (χ4v) is 5.89. The number of piperidine rings is 1. The zero-order valence-corrected chi connectivity index (χ0v) is 19.6. The summed E-state index contributed by atoms with van der Waals surface area (Å²) in [5, 5.41) is 2.28. The monoisotopic (exact) mass is 465 g/mol. The third-order valence-corrected chi connectivity index (χ3v) is 8.01. The van der Waals surface area contributed by atoms with E-state index in [9.17, 15) is 18.0 Å². The Balaban J connectivity index is 1.73.